The van der Waals surface area contributed by atoms with Gasteiger partial charge in [-0.25, -0.2) is 0 Å². The molecule has 0 saturated heterocycles. The van der Waals surface area contributed by atoms with E-state index in [2.05, 4.69) is 65.9 Å². The number of benzene rings is 2. The van der Waals surface area contributed by atoms with Crippen LogP contribution in [-0.4, -0.2) is 9.55 Å². The number of fused-ring (bicyclic) bond motifs is 3. The van der Waals surface area contributed by atoms with Crippen LogP contribution in [0.2, 0.25) is 0 Å². The Morgan fingerprint density at radius 1 is 1.00 bits per heavy atom. The maximum absolute atomic E-state index is 4.45. The summed E-state index contributed by atoms with van der Waals surface area (Å²) in [6.07, 6.45) is 1.83. The summed E-state index contributed by atoms with van der Waals surface area (Å²) in [7, 11) is 0. The molecule has 0 saturated carbocycles. The second-order valence-corrected chi connectivity index (χ2v) is 6.38. The predicted octanol–water partition coefficient (Wildman–Crippen LogP) is 5.31. The summed E-state index contributed by atoms with van der Waals surface area (Å²) in [6, 6.07) is 22.4. The topological polar surface area (TPSA) is 17.8 Å². The van der Waals surface area contributed by atoms with E-state index < -0.39 is 0 Å². The van der Waals surface area contributed by atoms with Crippen molar-refractivity contribution in [1.29, 1.82) is 0 Å². The zero-order chi connectivity index (χ0) is 15.8. The molecule has 0 fully saturated rings. The average molecular weight is 492 g/mol. The van der Waals surface area contributed by atoms with Crippen LogP contribution in [0.3, 0.4) is 0 Å². The summed E-state index contributed by atoms with van der Waals surface area (Å²) in [4.78, 5) is 4.45. The molecule has 2 nitrogen and oxygen atoms in total. The van der Waals surface area contributed by atoms with Crippen molar-refractivity contribution in [2.45, 2.75) is 20.4 Å². The van der Waals surface area contributed by atoms with Crippen LogP contribution >= 0.6 is 0 Å². The van der Waals surface area contributed by atoms with Gasteiger partial charge in [0.25, 0.3) is 0 Å². The minimum absolute atomic E-state index is 0. The first-order chi connectivity index (χ1) is 11.2. The maximum Gasteiger partial charge on any atom is 0.0391 e. The Balaban J connectivity index is 0.00000169. The van der Waals surface area contributed by atoms with Crippen LogP contribution in [0.4, 0.5) is 0 Å². The molecule has 0 spiro atoms. The van der Waals surface area contributed by atoms with E-state index in [1.807, 2.05) is 24.4 Å². The molecule has 0 unspecified atom stereocenters. The Labute approximate surface area is 155 Å². The Morgan fingerprint density at radius 3 is 2.54 bits per heavy atom. The smallest absolute Gasteiger partial charge is 0.0391 e. The van der Waals surface area contributed by atoms with Crippen molar-refractivity contribution in [2.24, 2.45) is 5.92 Å². The largest absolute Gasteiger partial charge is 0.380 e. The van der Waals surface area contributed by atoms with Crippen LogP contribution < -0.4 is 0 Å². The fraction of sp³-hybridized carbons (Fsp3) is 0.190. The number of nitrogens with zero attached hydrogens (tertiary/aromatic N) is 2. The Morgan fingerprint density at radius 2 is 1.79 bits per heavy atom. The number of para-hydroxylation sites is 1. The molecular weight excluding hydrogens is 472 g/mol. The van der Waals surface area contributed by atoms with Crippen LogP contribution in [0, 0.1) is 12.0 Å². The van der Waals surface area contributed by atoms with Crippen LogP contribution in [0.5, 0.6) is 0 Å². The molecule has 4 rings (SSSR count). The molecule has 3 heteroatoms. The third-order valence-corrected chi connectivity index (χ3v) is 4.19. The number of aromatic nitrogens is 2. The average Bonchev–Trinajstić information content (AvgIpc) is 2.89. The third-order valence-electron chi connectivity index (χ3n) is 4.19. The van der Waals surface area contributed by atoms with Crippen LogP contribution in [-0.2, 0) is 26.7 Å². The van der Waals surface area contributed by atoms with E-state index in [-0.39, 0.29) is 20.1 Å². The van der Waals surface area contributed by atoms with Gasteiger partial charge in [-0.3, -0.25) is 0 Å². The van der Waals surface area contributed by atoms with Gasteiger partial charge >= 0.3 is 0 Å². The summed E-state index contributed by atoms with van der Waals surface area (Å²) < 4.78 is 2.41. The molecule has 0 amide bonds. The molecule has 24 heavy (non-hydrogen) atoms. The summed E-state index contributed by atoms with van der Waals surface area (Å²) in [5.74, 6) is 0.601. The van der Waals surface area contributed by atoms with Gasteiger partial charge in [0.05, 0.1) is 0 Å². The van der Waals surface area contributed by atoms with E-state index in [1.54, 1.807) is 0 Å². The van der Waals surface area contributed by atoms with Crippen molar-refractivity contribution in [1.82, 2.24) is 9.55 Å². The maximum atomic E-state index is 4.45. The fourth-order valence-corrected chi connectivity index (χ4v) is 3.22. The molecule has 4 aromatic rings. The van der Waals surface area contributed by atoms with E-state index in [0.717, 1.165) is 17.8 Å². The van der Waals surface area contributed by atoms with Gasteiger partial charge in [-0.1, -0.05) is 49.6 Å². The number of rotatable bonds is 3. The SMILES string of the molecule is CC(C)Cn1c2c[c-]c(-c3ccccn3)cc2c2ccccc21.[Ir]. The van der Waals surface area contributed by atoms with Gasteiger partial charge in [0.15, 0.2) is 0 Å². The third kappa shape index (κ3) is 2.90. The number of hydrogen-bond acceptors (Lipinski definition) is 1. The van der Waals surface area contributed by atoms with Gasteiger partial charge in [0.2, 0.25) is 0 Å². The van der Waals surface area contributed by atoms with Gasteiger partial charge in [0.1, 0.15) is 0 Å². The van der Waals surface area contributed by atoms with Gasteiger partial charge in [-0.05, 0) is 34.6 Å². The molecule has 0 atom stereocenters. The molecule has 123 valence electrons. The van der Waals surface area contributed by atoms with Crippen molar-refractivity contribution in [3.05, 3.63) is 66.9 Å². The first-order valence-corrected chi connectivity index (χ1v) is 8.08. The van der Waals surface area contributed by atoms with E-state index in [9.17, 15) is 0 Å². The first kappa shape index (κ1) is 16.9. The minimum Gasteiger partial charge on any atom is -0.380 e. The molecule has 0 aliphatic carbocycles. The Bertz CT molecular complexity index is 971. The molecular formula is C21H19IrN2-. The van der Waals surface area contributed by atoms with Crippen LogP contribution in [0.25, 0.3) is 33.1 Å². The van der Waals surface area contributed by atoms with Crippen molar-refractivity contribution < 1.29 is 20.1 Å². The summed E-state index contributed by atoms with van der Waals surface area (Å²) in [5, 5.41) is 2.58. The van der Waals surface area contributed by atoms with E-state index >= 15 is 0 Å². The second kappa shape index (κ2) is 6.88. The number of pyridine rings is 1. The van der Waals surface area contributed by atoms with Crippen molar-refractivity contribution in [3.8, 4) is 11.3 Å². The van der Waals surface area contributed by atoms with Gasteiger partial charge < -0.3 is 9.55 Å². The van der Waals surface area contributed by atoms with Crippen molar-refractivity contribution >= 4 is 21.8 Å². The van der Waals surface area contributed by atoms with Crippen LogP contribution in [0.1, 0.15) is 13.8 Å². The summed E-state index contributed by atoms with van der Waals surface area (Å²) in [6.45, 7) is 5.53. The van der Waals surface area contributed by atoms with Crippen molar-refractivity contribution in [2.75, 3.05) is 0 Å². The quantitative estimate of drug-likeness (QED) is 0.355. The van der Waals surface area contributed by atoms with Crippen LogP contribution in [0.15, 0.2) is 60.8 Å². The zero-order valence-corrected chi connectivity index (χ0v) is 16.2. The fourth-order valence-electron chi connectivity index (χ4n) is 3.22. The normalized spacial score (nSPS) is 11.1. The Kier molecular flexibility index (Phi) is 4.84. The molecule has 0 N–H and O–H groups in total. The molecule has 0 aliphatic rings. The standard InChI is InChI=1S/C21H19N2.Ir/c1-15(2)14-23-20-9-4-3-7-17(20)18-13-16(10-11-21(18)23)19-8-5-6-12-22-19;/h3-9,11-13,15H,14H2,1-2H3;/q-1;. The minimum atomic E-state index is 0. The Hall–Kier alpha value is -1.96. The molecule has 2 aromatic heterocycles. The zero-order valence-electron chi connectivity index (χ0n) is 13.8. The van der Waals surface area contributed by atoms with Gasteiger partial charge in [0, 0.05) is 38.4 Å². The molecule has 0 bridgehead atoms. The van der Waals surface area contributed by atoms with Crippen molar-refractivity contribution in [3.63, 3.8) is 0 Å². The monoisotopic (exact) mass is 492 g/mol. The molecule has 1 radical (unpaired) electrons. The van der Waals surface area contributed by atoms with E-state index in [4.69, 9.17) is 0 Å². The summed E-state index contributed by atoms with van der Waals surface area (Å²) >= 11 is 0. The molecule has 2 heterocycles. The molecule has 2 aromatic carbocycles. The summed E-state index contributed by atoms with van der Waals surface area (Å²) in [5.41, 5.74) is 4.56. The molecule has 0 aliphatic heterocycles. The first-order valence-electron chi connectivity index (χ1n) is 8.08. The van der Waals surface area contributed by atoms with Gasteiger partial charge in [-0.2, -0.15) is 0 Å². The van der Waals surface area contributed by atoms with E-state index in [1.165, 1.54) is 21.8 Å². The number of hydrogen-bond donors (Lipinski definition) is 0. The predicted molar refractivity (Wildman–Crippen MR) is 96.3 cm³/mol. The van der Waals surface area contributed by atoms with Gasteiger partial charge in [-0.15, -0.1) is 23.8 Å². The second-order valence-electron chi connectivity index (χ2n) is 6.38. The van der Waals surface area contributed by atoms with E-state index in [0.29, 0.717) is 5.92 Å².